The summed E-state index contributed by atoms with van der Waals surface area (Å²) in [7, 11) is 0. The van der Waals surface area contributed by atoms with Crippen molar-refractivity contribution >= 4 is 11.3 Å². The van der Waals surface area contributed by atoms with Crippen molar-refractivity contribution in [3.05, 3.63) is 15.6 Å². The van der Waals surface area contributed by atoms with Crippen LogP contribution in [0.25, 0.3) is 0 Å². The third kappa shape index (κ3) is 3.08. The Balaban J connectivity index is 2.70. The molecule has 13 heavy (non-hydrogen) atoms. The Hall–Kier alpha value is -0.410. The van der Waals surface area contributed by atoms with Gasteiger partial charge in [-0.3, -0.25) is 0 Å². The second-order valence-electron chi connectivity index (χ2n) is 3.68. The average molecular weight is 199 g/mol. The van der Waals surface area contributed by atoms with Gasteiger partial charge in [0.15, 0.2) is 0 Å². The van der Waals surface area contributed by atoms with Crippen LogP contribution in [0.5, 0.6) is 0 Å². The Morgan fingerprint density at radius 2 is 2.15 bits per heavy atom. The van der Waals surface area contributed by atoms with E-state index < -0.39 is 0 Å². The molecule has 0 fully saturated rings. The minimum Gasteiger partial charge on any atom is -0.396 e. The zero-order valence-electron chi connectivity index (χ0n) is 8.50. The van der Waals surface area contributed by atoms with E-state index in [1.54, 1.807) is 11.3 Å². The van der Waals surface area contributed by atoms with Crippen molar-refractivity contribution in [1.29, 1.82) is 0 Å². The Bertz CT molecular complexity index is 268. The quantitative estimate of drug-likeness (QED) is 0.806. The molecule has 1 rings (SSSR count). The van der Waals surface area contributed by atoms with Crippen molar-refractivity contribution in [3.8, 4) is 0 Å². The van der Waals surface area contributed by atoms with Crippen molar-refractivity contribution < 1.29 is 5.11 Å². The summed E-state index contributed by atoms with van der Waals surface area (Å²) in [5.41, 5.74) is 1.07. The molecular weight excluding hydrogens is 182 g/mol. The number of rotatable bonds is 4. The van der Waals surface area contributed by atoms with E-state index in [9.17, 15) is 0 Å². The molecule has 0 unspecified atom stereocenters. The van der Waals surface area contributed by atoms with E-state index in [0.717, 1.165) is 12.1 Å². The van der Waals surface area contributed by atoms with E-state index in [0.29, 0.717) is 12.3 Å². The van der Waals surface area contributed by atoms with Crippen molar-refractivity contribution in [2.24, 2.45) is 5.92 Å². The summed E-state index contributed by atoms with van der Waals surface area (Å²) >= 11 is 1.76. The van der Waals surface area contributed by atoms with E-state index in [4.69, 9.17) is 5.11 Å². The molecule has 1 N–H and O–H groups in total. The van der Waals surface area contributed by atoms with Crippen LogP contribution in [-0.2, 0) is 12.8 Å². The fraction of sp³-hybridized carbons (Fsp3) is 0.700. The number of hydrogen-bond acceptors (Lipinski definition) is 3. The van der Waals surface area contributed by atoms with Gasteiger partial charge in [0, 0.05) is 24.3 Å². The standard InChI is InChI=1S/C10H17NOS/c1-7(2)6-10-11-9(4-5-12)8(3)13-10/h7,12H,4-6H2,1-3H3. The van der Waals surface area contributed by atoms with Crippen molar-refractivity contribution in [3.63, 3.8) is 0 Å². The van der Waals surface area contributed by atoms with Crippen molar-refractivity contribution in [1.82, 2.24) is 4.98 Å². The Morgan fingerprint density at radius 1 is 1.46 bits per heavy atom. The smallest absolute Gasteiger partial charge is 0.0933 e. The molecule has 1 heterocycles. The summed E-state index contributed by atoms with van der Waals surface area (Å²) in [6.45, 7) is 6.67. The van der Waals surface area contributed by atoms with Crippen LogP contribution in [-0.4, -0.2) is 16.7 Å². The first-order valence-corrected chi connectivity index (χ1v) is 5.51. The number of hydrogen-bond donors (Lipinski definition) is 1. The number of thiazole rings is 1. The van der Waals surface area contributed by atoms with Gasteiger partial charge >= 0.3 is 0 Å². The minimum atomic E-state index is 0.200. The number of nitrogens with zero attached hydrogens (tertiary/aromatic N) is 1. The summed E-state index contributed by atoms with van der Waals surface area (Å²) in [4.78, 5) is 5.75. The third-order valence-electron chi connectivity index (χ3n) is 1.87. The predicted octanol–water partition coefficient (Wildman–Crippen LogP) is 2.18. The first kappa shape index (κ1) is 10.7. The molecule has 0 aliphatic rings. The fourth-order valence-electron chi connectivity index (χ4n) is 1.26. The summed E-state index contributed by atoms with van der Waals surface area (Å²) in [5.74, 6) is 0.660. The van der Waals surface area contributed by atoms with E-state index >= 15 is 0 Å². The minimum absolute atomic E-state index is 0.200. The van der Waals surface area contributed by atoms with E-state index in [2.05, 4.69) is 25.8 Å². The monoisotopic (exact) mass is 199 g/mol. The Labute approximate surface area is 83.6 Å². The summed E-state index contributed by atoms with van der Waals surface area (Å²) in [5, 5.41) is 10.0. The van der Waals surface area contributed by atoms with E-state index in [1.807, 2.05) is 0 Å². The van der Waals surface area contributed by atoms with Gasteiger partial charge in [-0.2, -0.15) is 0 Å². The number of aliphatic hydroxyl groups excluding tert-OH is 1. The highest BCUT2D eigenvalue weighted by Gasteiger charge is 2.07. The van der Waals surface area contributed by atoms with E-state index in [-0.39, 0.29) is 6.61 Å². The zero-order valence-corrected chi connectivity index (χ0v) is 9.32. The molecule has 0 amide bonds. The van der Waals surface area contributed by atoms with Gasteiger partial charge in [0.1, 0.15) is 0 Å². The van der Waals surface area contributed by atoms with Crippen LogP contribution in [0, 0.1) is 12.8 Å². The molecule has 0 saturated carbocycles. The number of aryl methyl sites for hydroxylation is 1. The lowest BCUT2D eigenvalue weighted by molar-refractivity contribution is 0.298. The second kappa shape index (κ2) is 4.72. The van der Waals surface area contributed by atoms with Crippen molar-refractivity contribution in [2.45, 2.75) is 33.6 Å². The molecule has 3 heteroatoms. The topological polar surface area (TPSA) is 33.1 Å². The molecule has 0 spiro atoms. The third-order valence-corrected chi connectivity index (χ3v) is 2.90. The lowest BCUT2D eigenvalue weighted by atomic mass is 10.1. The predicted molar refractivity (Wildman–Crippen MR) is 56.2 cm³/mol. The lowest BCUT2D eigenvalue weighted by Crippen LogP contribution is -1.96. The highest BCUT2D eigenvalue weighted by Crippen LogP contribution is 2.20. The maximum absolute atomic E-state index is 8.80. The molecule has 74 valence electrons. The van der Waals surface area contributed by atoms with Crippen LogP contribution in [0.1, 0.15) is 29.4 Å². The van der Waals surface area contributed by atoms with Gasteiger partial charge in [0.2, 0.25) is 0 Å². The molecule has 1 aromatic heterocycles. The number of aromatic nitrogens is 1. The largest absolute Gasteiger partial charge is 0.396 e. The van der Waals surface area contributed by atoms with Crippen LogP contribution >= 0.6 is 11.3 Å². The fourth-order valence-corrected chi connectivity index (χ4v) is 2.45. The lowest BCUT2D eigenvalue weighted by Gasteiger charge is -1.98. The van der Waals surface area contributed by atoms with Gasteiger partial charge in [-0.1, -0.05) is 13.8 Å². The van der Waals surface area contributed by atoms with Gasteiger partial charge in [-0.05, 0) is 12.8 Å². The van der Waals surface area contributed by atoms with Crippen molar-refractivity contribution in [2.75, 3.05) is 6.61 Å². The molecule has 2 nitrogen and oxygen atoms in total. The van der Waals surface area contributed by atoms with Crippen LogP contribution in [0.15, 0.2) is 0 Å². The van der Waals surface area contributed by atoms with Crippen LogP contribution in [0.2, 0.25) is 0 Å². The molecule has 0 aliphatic carbocycles. The second-order valence-corrected chi connectivity index (χ2v) is 4.97. The molecule has 0 radical (unpaired) electrons. The molecule has 1 aromatic rings. The first-order valence-electron chi connectivity index (χ1n) is 4.69. The zero-order chi connectivity index (χ0) is 9.84. The van der Waals surface area contributed by atoms with Gasteiger partial charge < -0.3 is 5.11 Å². The van der Waals surface area contributed by atoms with E-state index in [1.165, 1.54) is 9.88 Å². The van der Waals surface area contributed by atoms with Gasteiger partial charge in [-0.25, -0.2) is 4.98 Å². The maximum Gasteiger partial charge on any atom is 0.0933 e. The number of aliphatic hydroxyl groups is 1. The maximum atomic E-state index is 8.80. The van der Waals surface area contributed by atoms with Gasteiger partial charge in [0.05, 0.1) is 10.7 Å². The first-order chi connectivity index (χ1) is 6.13. The molecule has 0 aliphatic heterocycles. The normalized spacial score (nSPS) is 11.2. The average Bonchev–Trinajstić information content (AvgIpc) is 2.31. The highest BCUT2D eigenvalue weighted by molar-refractivity contribution is 7.11. The summed E-state index contributed by atoms with van der Waals surface area (Å²) in [6, 6.07) is 0. The van der Waals surface area contributed by atoms with Crippen LogP contribution in [0.4, 0.5) is 0 Å². The summed E-state index contributed by atoms with van der Waals surface area (Å²) < 4.78 is 0. The molecule has 0 atom stereocenters. The Kier molecular flexibility index (Phi) is 3.88. The molecule has 0 aromatic carbocycles. The molecular formula is C10H17NOS. The summed E-state index contributed by atoms with van der Waals surface area (Å²) in [6.07, 6.45) is 1.75. The highest BCUT2D eigenvalue weighted by atomic mass is 32.1. The molecule has 0 bridgehead atoms. The Morgan fingerprint density at radius 3 is 2.69 bits per heavy atom. The van der Waals surface area contributed by atoms with Gasteiger partial charge in [-0.15, -0.1) is 11.3 Å². The van der Waals surface area contributed by atoms with Crippen LogP contribution in [0.3, 0.4) is 0 Å². The van der Waals surface area contributed by atoms with Gasteiger partial charge in [0.25, 0.3) is 0 Å². The SMILES string of the molecule is Cc1sc(CC(C)C)nc1CCO. The van der Waals surface area contributed by atoms with Crippen LogP contribution < -0.4 is 0 Å². The molecule has 0 saturated heterocycles.